The lowest BCUT2D eigenvalue weighted by Gasteiger charge is -2.32. The second-order valence-corrected chi connectivity index (χ2v) is 4.46. The second kappa shape index (κ2) is 4.90. The molecular formula is C10H11F2N3O4. The molecule has 1 aromatic heterocycles. The van der Waals surface area contributed by atoms with E-state index in [1.807, 2.05) is 0 Å². The average Bonchev–Trinajstić information content (AvgIpc) is 2.67. The molecule has 1 aliphatic rings. The van der Waals surface area contributed by atoms with Crippen molar-refractivity contribution in [2.24, 2.45) is 11.8 Å². The van der Waals surface area contributed by atoms with E-state index in [9.17, 15) is 23.7 Å². The van der Waals surface area contributed by atoms with Crippen LogP contribution in [0.25, 0.3) is 0 Å². The van der Waals surface area contributed by atoms with Crippen molar-refractivity contribution >= 4 is 11.7 Å². The predicted molar refractivity (Wildman–Crippen MR) is 57.7 cm³/mol. The number of carboxylic acid groups (broad SMARTS) is 1. The zero-order chi connectivity index (χ0) is 14.2. The second-order valence-electron chi connectivity index (χ2n) is 4.46. The smallest absolute Gasteiger partial charge is 0.316 e. The van der Waals surface area contributed by atoms with Crippen molar-refractivity contribution < 1.29 is 23.6 Å². The van der Waals surface area contributed by atoms with E-state index in [1.165, 1.54) is 0 Å². The van der Waals surface area contributed by atoms with Gasteiger partial charge in [0.1, 0.15) is 6.20 Å². The highest BCUT2D eigenvalue weighted by Crippen LogP contribution is 2.36. The van der Waals surface area contributed by atoms with Crippen molar-refractivity contribution in [3.63, 3.8) is 0 Å². The Balaban J connectivity index is 2.15. The Morgan fingerprint density at radius 3 is 2.68 bits per heavy atom. The summed E-state index contributed by atoms with van der Waals surface area (Å²) in [6, 6.07) is 0. The number of nitrogens with zero attached hydrogens (tertiary/aromatic N) is 3. The number of rotatable bonds is 5. The van der Waals surface area contributed by atoms with Gasteiger partial charge in [0.25, 0.3) is 6.43 Å². The Morgan fingerprint density at radius 1 is 1.63 bits per heavy atom. The van der Waals surface area contributed by atoms with E-state index in [0.29, 0.717) is 12.8 Å². The lowest BCUT2D eigenvalue weighted by atomic mass is 9.74. The molecule has 1 saturated carbocycles. The van der Waals surface area contributed by atoms with Gasteiger partial charge in [-0.05, 0) is 18.8 Å². The maximum Gasteiger partial charge on any atom is 0.316 e. The van der Waals surface area contributed by atoms with Gasteiger partial charge in [-0.2, -0.15) is 5.10 Å². The number of halogens is 2. The molecule has 19 heavy (non-hydrogen) atoms. The Kier molecular flexibility index (Phi) is 3.45. The zero-order valence-corrected chi connectivity index (χ0v) is 9.70. The van der Waals surface area contributed by atoms with Crippen molar-refractivity contribution in [3.05, 3.63) is 22.0 Å². The Hall–Kier alpha value is -2.06. The predicted octanol–water partition coefficient (Wildman–Crippen LogP) is 1.84. The molecule has 2 unspecified atom stereocenters. The van der Waals surface area contributed by atoms with Crippen LogP contribution in [0.3, 0.4) is 0 Å². The van der Waals surface area contributed by atoms with Crippen molar-refractivity contribution in [2.75, 3.05) is 0 Å². The fourth-order valence-electron chi connectivity index (χ4n) is 2.17. The van der Waals surface area contributed by atoms with Crippen LogP contribution in [0.4, 0.5) is 14.5 Å². The van der Waals surface area contributed by atoms with E-state index in [4.69, 9.17) is 5.11 Å². The number of carbonyl (C=O) groups is 1. The summed E-state index contributed by atoms with van der Waals surface area (Å²) in [5.74, 6) is -1.69. The quantitative estimate of drug-likeness (QED) is 0.653. The largest absolute Gasteiger partial charge is 0.481 e. The molecule has 0 bridgehead atoms. The monoisotopic (exact) mass is 275 g/mol. The van der Waals surface area contributed by atoms with E-state index >= 15 is 0 Å². The molecule has 1 aromatic rings. The molecule has 7 nitrogen and oxygen atoms in total. The van der Waals surface area contributed by atoms with Crippen LogP contribution in [0.1, 0.15) is 25.0 Å². The molecule has 1 aliphatic carbocycles. The van der Waals surface area contributed by atoms with E-state index in [0.717, 1.165) is 10.9 Å². The van der Waals surface area contributed by atoms with Crippen LogP contribution < -0.4 is 0 Å². The van der Waals surface area contributed by atoms with Gasteiger partial charge in [0.05, 0.1) is 10.8 Å². The van der Waals surface area contributed by atoms with E-state index in [1.54, 1.807) is 0 Å². The summed E-state index contributed by atoms with van der Waals surface area (Å²) in [5.41, 5.74) is -1.61. The highest BCUT2D eigenvalue weighted by atomic mass is 19.3. The Labute approximate surface area is 106 Å². The zero-order valence-electron chi connectivity index (χ0n) is 9.70. The van der Waals surface area contributed by atoms with Gasteiger partial charge >= 0.3 is 11.7 Å². The molecule has 9 heteroatoms. The maximum absolute atomic E-state index is 12.6. The molecule has 1 N–H and O–H groups in total. The van der Waals surface area contributed by atoms with Gasteiger partial charge in [0, 0.05) is 6.54 Å². The van der Waals surface area contributed by atoms with Gasteiger partial charge < -0.3 is 5.11 Å². The molecule has 0 aliphatic heterocycles. The van der Waals surface area contributed by atoms with Crippen molar-refractivity contribution in [1.29, 1.82) is 0 Å². The number of hydrogen-bond donors (Lipinski definition) is 1. The molecule has 104 valence electrons. The third-order valence-corrected chi connectivity index (χ3v) is 3.33. The van der Waals surface area contributed by atoms with Gasteiger partial charge in [-0.1, -0.05) is 0 Å². The lowest BCUT2D eigenvalue weighted by molar-refractivity contribution is -0.386. The third-order valence-electron chi connectivity index (χ3n) is 3.33. The van der Waals surface area contributed by atoms with Crippen LogP contribution in [0.15, 0.2) is 6.20 Å². The SMILES string of the molecule is O=C(O)C1CCC1Cn1cc([N+](=O)[O-])c(C(F)F)n1. The lowest BCUT2D eigenvalue weighted by Crippen LogP contribution is -2.35. The number of carboxylic acids is 1. The number of aliphatic carboxylic acids is 1. The van der Waals surface area contributed by atoms with Crippen LogP contribution in [0.5, 0.6) is 0 Å². The molecule has 2 rings (SSSR count). The van der Waals surface area contributed by atoms with Crippen molar-refractivity contribution in [3.8, 4) is 0 Å². The van der Waals surface area contributed by atoms with Crippen molar-refractivity contribution in [2.45, 2.75) is 25.8 Å². The van der Waals surface area contributed by atoms with Gasteiger partial charge in [-0.25, -0.2) is 8.78 Å². The molecule has 0 amide bonds. The summed E-state index contributed by atoms with van der Waals surface area (Å²) in [5, 5.41) is 22.9. The summed E-state index contributed by atoms with van der Waals surface area (Å²) in [4.78, 5) is 20.5. The van der Waals surface area contributed by atoms with Gasteiger partial charge in [-0.3, -0.25) is 19.6 Å². The first-order chi connectivity index (χ1) is 8.90. The van der Waals surface area contributed by atoms with Gasteiger partial charge in [-0.15, -0.1) is 0 Å². The summed E-state index contributed by atoms with van der Waals surface area (Å²) >= 11 is 0. The highest BCUT2D eigenvalue weighted by Gasteiger charge is 2.37. The molecule has 0 spiro atoms. The van der Waals surface area contributed by atoms with Gasteiger partial charge in [0.15, 0.2) is 0 Å². The maximum atomic E-state index is 12.6. The van der Waals surface area contributed by atoms with E-state index < -0.39 is 34.6 Å². The summed E-state index contributed by atoms with van der Waals surface area (Å²) < 4.78 is 26.2. The minimum atomic E-state index is -3.03. The van der Waals surface area contributed by atoms with E-state index in [2.05, 4.69) is 5.10 Å². The minimum Gasteiger partial charge on any atom is -0.481 e. The average molecular weight is 275 g/mol. The number of hydrogen-bond acceptors (Lipinski definition) is 4. The molecule has 1 fully saturated rings. The molecule has 0 radical (unpaired) electrons. The summed E-state index contributed by atoms with van der Waals surface area (Å²) in [7, 11) is 0. The number of aromatic nitrogens is 2. The normalized spacial score (nSPS) is 22.3. The Bertz CT molecular complexity index is 517. The topological polar surface area (TPSA) is 98.3 Å². The first kappa shape index (κ1) is 13.4. The minimum absolute atomic E-state index is 0.102. The molecule has 2 atom stereocenters. The third kappa shape index (κ3) is 2.54. The number of nitro groups is 1. The fourth-order valence-corrected chi connectivity index (χ4v) is 2.17. The first-order valence-electron chi connectivity index (χ1n) is 5.63. The van der Waals surface area contributed by atoms with Crippen LogP contribution in [0, 0.1) is 22.0 Å². The van der Waals surface area contributed by atoms with Crippen molar-refractivity contribution in [1.82, 2.24) is 9.78 Å². The van der Waals surface area contributed by atoms with Crippen LogP contribution in [0.2, 0.25) is 0 Å². The molecular weight excluding hydrogens is 264 g/mol. The first-order valence-corrected chi connectivity index (χ1v) is 5.63. The fraction of sp³-hybridized carbons (Fsp3) is 0.600. The standard InChI is InChI=1S/C10H11F2N3O4/c11-9(12)8-7(15(18)19)4-14(13-8)3-5-1-2-6(5)10(16)17/h4-6,9H,1-3H2,(H,16,17). The summed E-state index contributed by atoms with van der Waals surface area (Å²) in [6.45, 7) is 0.102. The number of alkyl halides is 2. The van der Waals surface area contributed by atoms with Crippen LogP contribution in [-0.4, -0.2) is 25.8 Å². The Morgan fingerprint density at radius 2 is 2.32 bits per heavy atom. The van der Waals surface area contributed by atoms with Crippen LogP contribution in [-0.2, 0) is 11.3 Å². The highest BCUT2D eigenvalue weighted by molar-refractivity contribution is 5.71. The molecule has 0 aromatic carbocycles. The van der Waals surface area contributed by atoms with E-state index in [-0.39, 0.29) is 12.5 Å². The summed E-state index contributed by atoms with van der Waals surface area (Å²) in [6.07, 6.45) is -0.920. The molecule has 1 heterocycles. The van der Waals surface area contributed by atoms with Crippen LogP contribution >= 0.6 is 0 Å². The molecule has 0 saturated heterocycles. The van der Waals surface area contributed by atoms with Gasteiger partial charge in [0.2, 0.25) is 5.69 Å².